The molecular weight excluding hydrogens is 302 g/mol. The molecule has 0 aliphatic carbocycles. The molecule has 0 radical (unpaired) electrons. The Morgan fingerprint density at radius 2 is 1.91 bits per heavy atom. The van der Waals surface area contributed by atoms with Gasteiger partial charge < -0.3 is 10.1 Å². The number of esters is 1. The maximum atomic E-state index is 12.4. The molecule has 0 saturated carbocycles. The molecule has 0 fully saturated rings. The van der Waals surface area contributed by atoms with E-state index < -0.39 is 0 Å². The van der Waals surface area contributed by atoms with E-state index in [-0.39, 0.29) is 23.7 Å². The second-order valence-corrected chi connectivity index (χ2v) is 5.73. The van der Waals surface area contributed by atoms with Crippen LogP contribution in [0.5, 0.6) is 0 Å². The van der Waals surface area contributed by atoms with Gasteiger partial charge >= 0.3 is 5.97 Å². The number of carbonyl (C=O) groups excluding carboxylic acids is 2. The lowest BCUT2D eigenvalue weighted by Crippen LogP contribution is -2.41. The number of hydrogen-bond donors (Lipinski definition) is 1. The lowest BCUT2D eigenvalue weighted by molar-refractivity contribution is -0.139. The summed E-state index contributed by atoms with van der Waals surface area (Å²) in [5.41, 5.74) is 1.98. The van der Waals surface area contributed by atoms with Gasteiger partial charge in [0.15, 0.2) is 0 Å². The van der Waals surface area contributed by atoms with Crippen molar-refractivity contribution in [3.05, 3.63) is 46.1 Å². The molecule has 0 saturated heterocycles. The highest BCUT2D eigenvalue weighted by Crippen LogP contribution is 2.39. The number of halogens is 1. The van der Waals surface area contributed by atoms with Crippen molar-refractivity contribution < 1.29 is 14.3 Å². The van der Waals surface area contributed by atoms with Crippen LogP contribution in [0.15, 0.2) is 35.5 Å². The molecule has 22 heavy (non-hydrogen) atoms. The molecule has 4 nitrogen and oxygen atoms in total. The Labute approximate surface area is 135 Å². The predicted molar refractivity (Wildman–Crippen MR) is 85.4 cm³/mol. The van der Waals surface area contributed by atoms with Crippen LogP contribution in [0.3, 0.4) is 0 Å². The molecule has 0 bridgehead atoms. The van der Waals surface area contributed by atoms with E-state index in [0.717, 1.165) is 5.56 Å². The van der Waals surface area contributed by atoms with E-state index in [1.54, 1.807) is 26.0 Å². The molecule has 1 aromatic rings. The van der Waals surface area contributed by atoms with Crippen LogP contribution in [0, 0.1) is 5.92 Å². The Morgan fingerprint density at radius 3 is 2.45 bits per heavy atom. The average molecular weight is 322 g/mol. The average Bonchev–Trinajstić information content (AvgIpc) is 2.47. The maximum Gasteiger partial charge on any atom is 0.336 e. The number of nitrogens with one attached hydrogen (secondary N) is 1. The first-order valence-corrected chi connectivity index (χ1v) is 7.81. The maximum absolute atomic E-state index is 12.4. The topological polar surface area (TPSA) is 55.4 Å². The van der Waals surface area contributed by atoms with Gasteiger partial charge in [-0.1, -0.05) is 30.7 Å². The minimum atomic E-state index is -0.376. The first kappa shape index (κ1) is 16.6. The standard InChI is InChI=1S/C17H20ClNO3/c1-4-13-15(11-6-8-12(18)9-7-11)14(17(21)22-5-2)10(3)19-16(13)20/h6-9,13,15H,4-5H2,1-3H3,(H,19,20). The van der Waals surface area contributed by atoms with Gasteiger partial charge in [-0.25, -0.2) is 4.79 Å². The normalized spacial score (nSPS) is 21.5. The van der Waals surface area contributed by atoms with E-state index in [1.165, 1.54) is 0 Å². The van der Waals surface area contributed by atoms with Crippen LogP contribution >= 0.6 is 11.6 Å². The molecule has 2 unspecified atom stereocenters. The SMILES string of the molecule is CCOC(=O)C1=C(C)NC(=O)C(CC)C1c1ccc(Cl)cc1. The highest BCUT2D eigenvalue weighted by molar-refractivity contribution is 6.30. The molecule has 2 atom stereocenters. The first-order valence-electron chi connectivity index (χ1n) is 7.43. The quantitative estimate of drug-likeness (QED) is 0.865. The summed E-state index contributed by atoms with van der Waals surface area (Å²) >= 11 is 5.94. The van der Waals surface area contributed by atoms with Crippen LogP contribution in [0.2, 0.25) is 5.02 Å². The molecule has 0 spiro atoms. The van der Waals surface area contributed by atoms with E-state index in [0.29, 0.717) is 29.3 Å². The van der Waals surface area contributed by atoms with Crippen molar-refractivity contribution in [1.29, 1.82) is 0 Å². The Kier molecular flexibility index (Phi) is 5.24. The van der Waals surface area contributed by atoms with Crippen molar-refractivity contribution in [3.8, 4) is 0 Å². The van der Waals surface area contributed by atoms with Gasteiger partial charge in [-0.15, -0.1) is 0 Å². The summed E-state index contributed by atoms with van der Waals surface area (Å²) in [7, 11) is 0. The smallest absolute Gasteiger partial charge is 0.336 e. The second kappa shape index (κ2) is 6.97. The van der Waals surface area contributed by atoms with Gasteiger partial charge in [0.05, 0.1) is 12.2 Å². The zero-order valence-electron chi connectivity index (χ0n) is 13.0. The molecule has 1 aromatic carbocycles. The zero-order valence-corrected chi connectivity index (χ0v) is 13.7. The molecule has 1 aliphatic heterocycles. The number of allylic oxidation sites excluding steroid dienone is 1. The molecule has 1 aliphatic rings. The third kappa shape index (κ3) is 3.17. The van der Waals surface area contributed by atoms with Crippen molar-refractivity contribution in [2.75, 3.05) is 6.61 Å². The van der Waals surface area contributed by atoms with Crippen LogP contribution < -0.4 is 5.32 Å². The molecular formula is C17H20ClNO3. The Bertz CT molecular complexity index is 607. The summed E-state index contributed by atoms with van der Waals surface area (Å²) in [6.07, 6.45) is 0.634. The van der Waals surface area contributed by atoms with E-state index in [1.807, 2.05) is 19.1 Å². The fourth-order valence-corrected chi connectivity index (χ4v) is 3.04. The highest BCUT2D eigenvalue weighted by atomic mass is 35.5. The van der Waals surface area contributed by atoms with Crippen molar-refractivity contribution in [2.24, 2.45) is 5.92 Å². The monoisotopic (exact) mass is 321 g/mol. The van der Waals surface area contributed by atoms with E-state index in [4.69, 9.17) is 16.3 Å². The van der Waals surface area contributed by atoms with Gasteiger partial charge in [-0.2, -0.15) is 0 Å². The molecule has 1 heterocycles. The number of hydrogen-bond acceptors (Lipinski definition) is 3. The number of benzene rings is 1. The summed E-state index contributed by atoms with van der Waals surface area (Å²) in [6, 6.07) is 7.27. The van der Waals surface area contributed by atoms with Crippen LogP contribution in [0.1, 0.15) is 38.7 Å². The molecule has 0 aromatic heterocycles. The van der Waals surface area contributed by atoms with E-state index >= 15 is 0 Å². The predicted octanol–water partition coefficient (Wildman–Crippen LogP) is 3.42. The van der Waals surface area contributed by atoms with Gasteiger partial charge in [0.1, 0.15) is 0 Å². The number of ether oxygens (including phenoxy) is 1. The molecule has 118 valence electrons. The fourth-order valence-electron chi connectivity index (χ4n) is 2.91. The zero-order chi connectivity index (χ0) is 16.3. The van der Waals surface area contributed by atoms with Crippen molar-refractivity contribution in [2.45, 2.75) is 33.1 Å². The third-order valence-corrected chi connectivity index (χ3v) is 4.18. The lowest BCUT2D eigenvalue weighted by atomic mass is 9.75. The van der Waals surface area contributed by atoms with Gasteiger partial charge in [-0.3, -0.25) is 4.79 Å². The molecule has 1 N–H and O–H groups in total. The fraction of sp³-hybridized carbons (Fsp3) is 0.412. The van der Waals surface area contributed by atoms with E-state index in [2.05, 4.69) is 5.32 Å². The summed E-state index contributed by atoms with van der Waals surface area (Å²) in [5.74, 6) is -1.05. The third-order valence-electron chi connectivity index (χ3n) is 3.93. The van der Waals surface area contributed by atoms with Gasteiger partial charge in [0, 0.05) is 22.6 Å². The Hall–Kier alpha value is -1.81. The van der Waals surface area contributed by atoms with Crippen LogP contribution in [-0.4, -0.2) is 18.5 Å². The highest BCUT2D eigenvalue weighted by Gasteiger charge is 2.39. The first-order chi connectivity index (χ1) is 10.5. The van der Waals surface area contributed by atoms with Crippen LogP contribution in [0.25, 0.3) is 0 Å². The van der Waals surface area contributed by atoms with Gasteiger partial charge in [-0.05, 0) is 38.0 Å². The minimum Gasteiger partial charge on any atom is -0.463 e. The summed E-state index contributed by atoms with van der Waals surface area (Å²) in [5, 5.41) is 3.42. The van der Waals surface area contributed by atoms with Gasteiger partial charge in [0.25, 0.3) is 0 Å². The number of amides is 1. The molecule has 5 heteroatoms. The lowest BCUT2D eigenvalue weighted by Gasteiger charge is -2.33. The van der Waals surface area contributed by atoms with Gasteiger partial charge in [0.2, 0.25) is 5.91 Å². The summed E-state index contributed by atoms with van der Waals surface area (Å²) < 4.78 is 5.18. The Morgan fingerprint density at radius 1 is 1.27 bits per heavy atom. The minimum absolute atomic E-state index is 0.0620. The number of carbonyl (C=O) groups is 2. The molecule has 2 rings (SSSR count). The largest absolute Gasteiger partial charge is 0.463 e. The second-order valence-electron chi connectivity index (χ2n) is 5.29. The van der Waals surface area contributed by atoms with Crippen molar-refractivity contribution in [3.63, 3.8) is 0 Å². The van der Waals surface area contributed by atoms with Crippen LogP contribution in [0.4, 0.5) is 0 Å². The molecule has 1 amide bonds. The number of rotatable bonds is 4. The van der Waals surface area contributed by atoms with E-state index in [9.17, 15) is 9.59 Å². The van der Waals surface area contributed by atoms with Crippen molar-refractivity contribution >= 4 is 23.5 Å². The summed E-state index contributed by atoms with van der Waals surface area (Å²) in [4.78, 5) is 24.7. The van der Waals surface area contributed by atoms with Crippen molar-refractivity contribution in [1.82, 2.24) is 5.32 Å². The Balaban J connectivity index is 2.54. The van der Waals surface area contributed by atoms with Crippen LogP contribution in [-0.2, 0) is 14.3 Å². The summed E-state index contributed by atoms with van der Waals surface area (Å²) in [6.45, 7) is 5.74.